The number of aryl methyl sites for hydroxylation is 1. The molecule has 0 aliphatic rings. The molecule has 1 amide bonds. The average molecular weight is 429 g/mol. The predicted octanol–water partition coefficient (Wildman–Crippen LogP) is 5.45. The largest absolute Gasteiger partial charge is 0.497 e. The van der Waals surface area contributed by atoms with Gasteiger partial charge in [-0.25, -0.2) is 0 Å². The fourth-order valence-electron chi connectivity index (χ4n) is 4.07. The van der Waals surface area contributed by atoms with Crippen LogP contribution in [0.25, 0.3) is 10.9 Å². The molecule has 0 atom stereocenters. The normalized spacial score (nSPS) is 10.8. The molecule has 0 saturated carbocycles. The molecule has 4 aromatic rings. The van der Waals surface area contributed by atoms with Crippen LogP contribution in [0, 0.1) is 0 Å². The molecule has 3 aromatic carbocycles. The van der Waals surface area contributed by atoms with Crippen molar-refractivity contribution >= 4 is 22.5 Å². The third-order valence-electron chi connectivity index (χ3n) is 5.66. The Morgan fingerprint density at radius 3 is 2.31 bits per heavy atom. The number of rotatable bonds is 8. The molecule has 0 radical (unpaired) electrons. The number of amides is 1. The molecule has 0 unspecified atom stereocenters. The van der Waals surface area contributed by atoms with Crippen LogP contribution in [0.2, 0.25) is 0 Å². The van der Waals surface area contributed by atoms with Crippen molar-refractivity contribution in [2.24, 2.45) is 0 Å². The minimum absolute atomic E-state index is 0.0168. The number of ether oxygens (including phenoxy) is 2. The van der Waals surface area contributed by atoms with E-state index in [4.69, 9.17) is 9.47 Å². The molecule has 0 fully saturated rings. The molecule has 1 aromatic heterocycles. The molecule has 1 N–H and O–H groups in total. The van der Waals surface area contributed by atoms with E-state index in [0.29, 0.717) is 13.0 Å². The van der Waals surface area contributed by atoms with Gasteiger partial charge in [-0.15, -0.1) is 0 Å². The van der Waals surface area contributed by atoms with Crippen LogP contribution in [0.15, 0.2) is 72.9 Å². The fraction of sp³-hybridized carbons (Fsp3) is 0.222. The van der Waals surface area contributed by atoms with Gasteiger partial charge in [0.1, 0.15) is 11.5 Å². The quantitative estimate of drug-likeness (QED) is 0.406. The van der Waals surface area contributed by atoms with Crippen molar-refractivity contribution in [3.05, 3.63) is 89.6 Å². The molecule has 4 rings (SSSR count). The summed E-state index contributed by atoms with van der Waals surface area (Å²) in [6, 6.07) is 22.0. The van der Waals surface area contributed by atoms with Gasteiger partial charge < -0.3 is 19.4 Å². The van der Waals surface area contributed by atoms with Crippen LogP contribution >= 0.6 is 0 Å². The van der Waals surface area contributed by atoms with Crippen LogP contribution in [0.3, 0.4) is 0 Å². The highest BCUT2D eigenvalue weighted by Crippen LogP contribution is 2.27. The number of fused-ring (bicyclic) bond motifs is 1. The van der Waals surface area contributed by atoms with E-state index in [-0.39, 0.29) is 5.91 Å². The summed E-state index contributed by atoms with van der Waals surface area (Å²) in [4.78, 5) is 12.9. The summed E-state index contributed by atoms with van der Waals surface area (Å²) in [5.74, 6) is 1.49. The van der Waals surface area contributed by atoms with Crippen molar-refractivity contribution in [1.82, 2.24) is 4.57 Å². The van der Waals surface area contributed by atoms with Gasteiger partial charge >= 0.3 is 0 Å². The van der Waals surface area contributed by atoms with E-state index < -0.39 is 0 Å². The smallest absolute Gasteiger partial charge is 0.228 e. The number of benzene rings is 3. The Balaban J connectivity index is 1.61. The van der Waals surface area contributed by atoms with E-state index in [2.05, 4.69) is 35.1 Å². The number of nitrogens with zero attached hydrogens (tertiary/aromatic N) is 1. The summed E-state index contributed by atoms with van der Waals surface area (Å²) in [6.45, 7) is 2.74. The minimum atomic E-state index is -0.0168. The lowest BCUT2D eigenvalue weighted by Crippen LogP contribution is -2.15. The average Bonchev–Trinajstić information content (AvgIpc) is 3.16. The summed E-state index contributed by atoms with van der Waals surface area (Å²) in [5.41, 5.74) is 5.17. The van der Waals surface area contributed by atoms with Crippen LogP contribution in [-0.2, 0) is 24.2 Å². The molecule has 0 aliphatic heterocycles. The van der Waals surface area contributed by atoms with Gasteiger partial charge in [0.15, 0.2) is 0 Å². The maximum Gasteiger partial charge on any atom is 0.228 e. The molecule has 164 valence electrons. The first-order chi connectivity index (χ1) is 15.6. The second-order valence-electron chi connectivity index (χ2n) is 7.76. The lowest BCUT2D eigenvalue weighted by Gasteiger charge is -2.10. The molecule has 0 saturated heterocycles. The van der Waals surface area contributed by atoms with Crippen molar-refractivity contribution < 1.29 is 14.3 Å². The Hall–Kier alpha value is -3.73. The Morgan fingerprint density at radius 1 is 0.906 bits per heavy atom. The standard InChI is InChI=1S/C27H28N2O3/c1-4-20-9-5-7-11-25(20)28-27(30)15-21-18-29(26-12-8-6-10-24(21)26)17-19-13-22(31-2)16-23(14-19)32-3/h5-14,16,18H,4,15,17H2,1-3H3,(H,28,30). The zero-order valence-corrected chi connectivity index (χ0v) is 18.7. The van der Waals surface area contributed by atoms with Crippen LogP contribution in [0.5, 0.6) is 11.5 Å². The monoisotopic (exact) mass is 428 g/mol. The first-order valence-corrected chi connectivity index (χ1v) is 10.8. The number of carbonyl (C=O) groups excluding carboxylic acids is 1. The number of para-hydroxylation sites is 2. The van der Waals surface area contributed by atoms with Crippen molar-refractivity contribution in [1.29, 1.82) is 0 Å². The Labute approximate surface area is 188 Å². The topological polar surface area (TPSA) is 52.5 Å². The van der Waals surface area contributed by atoms with Gasteiger partial charge in [-0.3, -0.25) is 4.79 Å². The van der Waals surface area contributed by atoms with Crippen LogP contribution in [0.4, 0.5) is 5.69 Å². The van der Waals surface area contributed by atoms with Gasteiger partial charge in [-0.1, -0.05) is 43.3 Å². The van der Waals surface area contributed by atoms with Gasteiger partial charge in [-0.05, 0) is 47.4 Å². The van der Waals surface area contributed by atoms with Gasteiger partial charge in [0.2, 0.25) is 5.91 Å². The number of hydrogen-bond donors (Lipinski definition) is 1. The minimum Gasteiger partial charge on any atom is -0.497 e. The van der Waals surface area contributed by atoms with E-state index in [1.165, 1.54) is 0 Å². The van der Waals surface area contributed by atoms with Crippen molar-refractivity contribution in [3.8, 4) is 11.5 Å². The molecular formula is C27H28N2O3. The third-order valence-corrected chi connectivity index (χ3v) is 5.66. The number of hydrogen-bond acceptors (Lipinski definition) is 3. The van der Waals surface area contributed by atoms with Crippen molar-refractivity contribution in [2.75, 3.05) is 19.5 Å². The summed E-state index contributed by atoms with van der Waals surface area (Å²) in [6.07, 6.45) is 3.26. The second-order valence-corrected chi connectivity index (χ2v) is 7.76. The maximum atomic E-state index is 12.9. The molecule has 5 nitrogen and oxygen atoms in total. The summed E-state index contributed by atoms with van der Waals surface area (Å²) in [5, 5.41) is 4.17. The van der Waals surface area contributed by atoms with E-state index in [9.17, 15) is 4.79 Å². The highest BCUT2D eigenvalue weighted by atomic mass is 16.5. The van der Waals surface area contributed by atoms with Gasteiger partial charge in [0.05, 0.1) is 20.6 Å². The Kier molecular flexibility index (Phi) is 6.45. The summed E-state index contributed by atoms with van der Waals surface area (Å²) >= 11 is 0. The molecule has 1 heterocycles. The zero-order valence-electron chi connectivity index (χ0n) is 18.7. The first-order valence-electron chi connectivity index (χ1n) is 10.8. The zero-order chi connectivity index (χ0) is 22.5. The lowest BCUT2D eigenvalue weighted by molar-refractivity contribution is -0.115. The number of aromatic nitrogens is 1. The highest BCUT2D eigenvalue weighted by molar-refractivity contribution is 5.96. The van der Waals surface area contributed by atoms with Crippen LogP contribution < -0.4 is 14.8 Å². The molecule has 5 heteroatoms. The Morgan fingerprint density at radius 2 is 1.59 bits per heavy atom. The Bertz CT molecular complexity index is 1220. The van der Waals surface area contributed by atoms with Crippen LogP contribution in [0.1, 0.15) is 23.6 Å². The molecule has 0 bridgehead atoms. The molecular weight excluding hydrogens is 400 g/mol. The number of carbonyl (C=O) groups is 1. The molecule has 0 spiro atoms. The summed E-state index contributed by atoms with van der Waals surface area (Å²) in [7, 11) is 3.30. The lowest BCUT2D eigenvalue weighted by atomic mass is 10.1. The number of nitrogens with one attached hydrogen (secondary N) is 1. The van der Waals surface area contributed by atoms with Gasteiger partial charge in [-0.2, -0.15) is 0 Å². The van der Waals surface area contributed by atoms with Crippen molar-refractivity contribution in [3.63, 3.8) is 0 Å². The molecule has 32 heavy (non-hydrogen) atoms. The first kappa shape index (κ1) is 21.5. The molecule has 0 aliphatic carbocycles. The van der Waals surface area contributed by atoms with E-state index in [0.717, 1.165) is 51.2 Å². The van der Waals surface area contributed by atoms with Gasteiger partial charge in [0, 0.05) is 35.4 Å². The fourth-order valence-corrected chi connectivity index (χ4v) is 4.07. The van der Waals surface area contributed by atoms with Gasteiger partial charge in [0.25, 0.3) is 0 Å². The SMILES string of the molecule is CCc1ccccc1NC(=O)Cc1cn(Cc2cc(OC)cc(OC)c2)c2ccccc12. The van der Waals surface area contributed by atoms with Crippen molar-refractivity contribution in [2.45, 2.75) is 26.3 Å². The highest BCUT2D eigenvalue weighted by Gasteiger charge is 2.14. The number of anilines is 1. The second kappa shape index (κ2) is 9.60. The van der Waals surface area contributed by atoms with E-state index in [1.54, 1.807) is 14.2 Å². The third kappa shape index (κ3) is 4.62. The van der Waals surface area contributed by atoms with E-state index >= 15 is 0 Å². The number of methoxy groups -OCH3 is 2. The summed E-state index contributed by atoms with van der Waals surface area (Å²) < 4.78 is 13.0. The maximum absolute atomic E-state index is 12.9. The van der Waals surface area contributed by atoms with Crippen LogP contribution in [-0.4, -0.2) is 24.7 Å². The van der Waals surface area contributed by atoms with E-state index in [1.807, 2.05) is 54.6 Å². The predicted molar refractivity (Wildman–Crippen MR) is 129 cm³/mol.